The van der Waals surface area contributed by atoms with Gasteiger partial charge in [0.15, 0.2) is 0 Å². The Balaban J connectivity index is 3.01. The predicted molar refractivity (Wildman–Crippen MR) is 56.5 cm³/mol. The summed E-state index contributed by atoms with van der Waals surface area (Å²) in [6.45, 7) is 5.89. The molecule has 1 aromatic carbocycles. The molecule has 4 heteroatoms. The number of benzene rings is 1. The number of rotatable bonds is 4. The van der Waals surface area contributed by atoms with Crippen LogP contribution in [0.25, 0.3) is 0 Å². The fourth-order valence-electron chi connectivity index (χ4n) is 1.19. The molecule has 0 fully saturated rings. The maximum Gasteiger partial charge on any atom is 0.274 e. The molecule has 74 valence electrons. The zero-order chi connectivity index (χ0) is 10.6. The van der Waals surface area contributed by atoms with Crippen molar-refractivity contribution in [3.8, 4) is 0 Å². The van der Waals surface area contributed by atoms with Crippen LogP contribution in [0.2, 0.25) is 0 Å². The van der Waals surface area contributed by atoms with Crippen LogP contribution in [-0.2, 0) is 0 Å². The quantitative estimate of drug-likeness (QED) is 0.453. The van der Waals surface area contributed by atoms with Crippen LogP contribution in [0.5, 0.6) is 0 Å². The number of anilines is 1. The molecule has 1 N–H and O–H groups in total. The van der Waals surface area contributed by atoms with Gasteiger partial charge in [-0.3, -0.25) is 10.1 Å². The SMILES string of the molecule is C=CCNc1cccc([N+](=O)[O-])c1C. The van der Waals surface area contributed by atoms with Gasteiger partial charge in [-0.25, -0.2) is 0 Å². The van der Waals surface area contributed by atoms with Crippen LogP contribution in [-0.4, -0.2) is 11.5 Å². The largest absolute Gasteiger partial charge is 0.381 e. The molecule has 0 atom stereocenters. The summed E-state index contributed by atoms with van der Waals surface area (Å²) in [5.41, 5.74) is 1.57. The number of nitrogens with zero attached hydrogens (tertiary/aromatic N) is 1. The van der Waals surface area contributed by atoms with E-state index >= 15 is 0 Å². The first-order valence-corrected chi connectivity index (χ1v) is 4.25. The molecule has 0 radical (unpaired) electrons. The minimum atomic E-state index is -0.381. The van der Waals surface area contributed by atoms with Crippen molar-refractivity contribution in [2.45, 2.75) is 6.92 Å². The lowest BCUT2D eigenvalue weighted by molar-refractivity contribution is -0.385. The molecule has 0 aliphatic heterocycles. The van der Waals surface area contributed by atoms with E-state index in [0.29, 0.717) is 12.1 Å². The Kier molecular flexibility index (Phi) is 3.23. The van der Waals surface area contributed by atoms with Crippen LogP contribution in [0.15, 0.2) is 30.9 Å². The summed E-state index contributed by atoms with van der Waals surface area (Å²) in [5.74, 6) is 0. The average Bonchev–Trinajstić information content (AvgIpc) is 2.16. The molecule has 1 aromatic rings. The molecule has 0 bridgehead atoms. The minimum absolute atomic E-state index is 0.138. The van der Waals surface area contributed by atoms with Crippen LogP contribution < -0.4 is 5.32 Å². The van der Waals surface area contributed by atoms with Gasteiger partial charge >= 0.3 is 0 Å². The topological polar surface area (TPSA) is 55.2 Å². The molecule has 0 amide bonds. The fourth-order valence-corrected chi connectivity index (χ4v) is 1.19. The van der Waals surface area contributed by atoms with Gasteiger partial charge in [-0.15, -0.1) is 6.58 Å². The van der Waals surface area contributed by atoms with Crippen LogP contribution in [0.1, 0.15) is 5.56 Å². The Morgan fingerprint density at radius 3 is 2.93 bits per heavy atom. The minimum Gasteiger partial charge on any atom is -0.381 e. The maximum atomic E-state index is 10.6. The summed E-state index contributed by atoms with van der Waals surface area (Å²) in [7, 11) is 0. The number of hydrogen-bond donors (Lipinski definition) is 1. The van der Waals surface area contributed by atoms with Crippen LogP contribution in [0.3, 0.4) is 0 Å². The van der Waals surface area contributed by atoms with Crippen molar-refractivity contribution in [1.29, 1.82) is 0 Å². The second kappa shape index (κ2) is 4.41. The van der Waals surface area contributed by atoms with Crippen molar-refractivity contribution in [1.82, 2.24) is 0 Å². The highest BCUT2D eigenvalue weighted by Crippen LogP contribution is 2.24. The van der Waals surface area contributed by atoms with E-state index in [1.807, 2.05) is 6.07 Å². The Morgan fingerprint density at radius 1 is 1.64 bits per heavy atom. The molecular weight excluding hydrogens is 180 g/mol. The van der Waals surface area contributed by atoms with Crippen LogP contribution in [0, 0.1) is 17.0 Å². The highest BCUT2D eigenvalue weighted by molar-refractivity contribution is 5.59. The lowest BCUT2D eigenvalue weighted by Gasteiger charge is -2.06. The van der Waals surface area contributed by atoms with E-state index in [4.69, 9.17) is 0 Å². The first kappa shape index (κ1) is 10.2. The second-order valence-corrected chi connectivity index (χ2v) is 2.88. The van der Waals surface area contributed by atoms with Crippen molar-refractivity contribution in [3.05, 3.63) is 46.5 Å². The smallest absolute Gasteiger partial charge is 0.274 e. The third-order valence-electron chi connectivity index (χ3n) is 1.94. The first-order chi connectivity index (χ1) is 6.66. The molecule has 0 aliphatic carbocycles. The summed E-state index contributed by atoms with van der Waals surface area (Å²) in [6.07, 6.45) is 1.71. The fraction of sp³-hybridized carbons (Fsp3) is 0.200. The van der Waals surface area contributed by atoms with E-state index in [9.17, 15) is 10.1 Å². The summed E-state index contributed by atoms with van der Waals surface area (Å²) < 4.78 is 0. The zero-order valence-corrected chi connectivity index (χ0v) is 7.99. The van der Waals surface area contributed by atoms with E-state index in [-0.39, 0.29) is 10.6 Å². The van der Waals surface area contributed by atoms with E-state index < -0.39 is 0 Å². The molecule has 4 nitrogen and oxygen atoms in total. The lowest BCUT2D eigenvalue weighted by atomic mass is 10.1. The molecule has 14 heavy (non-hydrogen) atoms. The molecular formula is C10H12N2O2. The van der Waals surface area contributed by atoms with Crippen molar-refractivity contribution in [2.24, 2.45) is 0 Å². The molecule has 0 heterocycles. The Hall–Kier alpha value is -1.84. The number of nitro groups is 1. The van der Waals surface area contributed by atoms with Crippen molar-refractivity contribution in [2.75, 3.05) is 11.9 Å². The van der Waals surface area contributed by atoms with Gasteiger partial charge in [-0.2, -0.15) is 0 Å². The highest BCUT2D eigenvalue weighted by atomic mass is 16.6. The monoisotopic (exact) mass is 192 g/mol. The normalized spacial score (nSPS) is 9.50. The molecule has 1 rings (SSSR count). The average molecular weight is 192 g/mol. The first-order valence-electron chi connectivity index (χ1n) is 4.25. The summed E-state index contributed by atoms with van der Waals surface area (Å²) in [5, 5.41) is 13.6. The molecule has 0 saturated carbocycles. The standard InChI is InChI=1S/C10H12N2O2/c1-3-7-11-9-5-4-6-10(8(9)2)12(13)14/h3-6,11H,1,7H2,2H3. The molecule has 0 saturated heterocycles. The third-order valence-corrected chi connectivity index (χ3v) is 1.94. The van der Waals surface area contributed by atoms with Gasteiger partial charge in [0.25, 0.3) is 5.69 Å². The van der Waals surface area contributed by atoms with Gasteiger partial charge < -0.3 is 5.32 Å². The zero-order valence-electron chi connectivity index (χ0n) is 7.99. The number of hydrogen-bond acceptors (Lipinski definition) is 3. The van der Waals surface area contributed by atoms with Gasteiger partial charge in [0, 0.05) is 23.9 Å². The number of nitro benzene ring substituents is 1. The maximum absolute atomic E-state index is 10.6. The third kappa shape index (κ3) is 2.10. The Bertz CT molecular complexity index is 361. The highest BCUT2D eigenvalue weighted by Gasteiger charge is 2.11. The van der Waals surface area contributed by atoms with Gasteiger partial charge in [-0.1, -0.05) is 12.1 Å². The summed E-state index contributed by atoms with van der Waals surface area (Å²) in [6, 6.07) is 4.97. The van der Waals surface area contributed by atoms with Gasteiger partial charge in [0.2, 0.25) is 0 Å². The van der Waals surface area contributed by atoms with Crippen molar-refractivity contribution < 1.29 is 4.92 Å². The van der Waals surface area contributed by atoms with Gasteiger partial charge in [0.05, 0.1) is 4.92 Å². The van der Waals surface area contributed by atoms with E-state index in [2.05, 4.69) is 11.9 Å². The molecule has 0 spiro atoms. The van der Waals surface area contributed by atoms with Crippen LogP contribution in [0.4, 0.5) is 11.4 Å². The molecule has 0 unspecified atom stereocenters. The summed E-state index contributed by atoms with van der Waals surface area (Å²) in [4.78, 5) is 10.2. The lowest BCUT2D eigenvalue weighted by Crippen LogP contribution is -2.01. The number of nitrogens with one attached hydrogen (secondary N) is 1. The second-order valence-electron chi connectivity index (χ2n) is 2.88. The van der Waals surface area contributed by atoms with Gasteiger partial charge in [0.1, 0.15) is 0 Å². The Labute approximate surface area is 82.4 Å². The van der Waals surface area contributed by atoms with Gasteiger partial charge in [-0.05, 0) is 13.0 Å². The summed E-state index contributed by atoms with van der Waals surface area (Å²) >= 11 is 0. The Morgan fingerprint density at radius 2 is 2.36 bits per heavy atom. The molecule has 0 aromatic heterocycles. The van der Waals surface area contributed by atoms with Crippen molar-refractivity contribution in [3.63, 3.8) is 0 Å². The van der Waals surface area contributed by atoms with E-state index in [1.54, 1.807) is 19.1 Å². The van der Waals surface area contributed by atoms with E-state index in [1.165, 1.54) is 6.07 Å². The predicted octanol–water partition coefficient (Wildman–Crippen LogP) is 2.50. The molecule has 0 aliphatic rings. The van der Waals surface area contributed by atoms with Crippen molar-refractivity contribution >= 4 is 11.4 Å². The van der Waals surface area contributed by atoms with Crippen LogP contribution >= 0.6 is 0 Å². The van der Waals surface area contributed by atoms with E-state index in [0.717, 1.165) is 5.69 Å².